The Kier molecular flexibility index (Phi) is 6.28. The number of aromatic nitrogens is 5. The van der Waals surface area contributed by atoms with E-state index in [-0.39, 0.29) is 38.1 Å². The molecule has 164 valence electrons. The average molecular weight is 473 g/mol. The van der Waals surface area contributed by atoms with Gasteiger partial charge in [0.2, 0.25) is 0 Å². The van der Waals surface area contributed by atoms with Crippen LogP contribution in [0, 0.1) is 11.8 Å². The Morgan fingerprint density at radius 3 is 1.78 bits per heavy atom. The van der Waals surface area contributed by atoms with E-state index >= 15 is 0 Å². The van der Waals surface area contributed by atoms with Crippen molar-refractivity contribution in [3.05, 3.63) is 42.7 Å². The average Bonchev–Trinajstić information content (AvgIpc) is 2.72. The smallest absolute Gasteiger partial charge is 0.315 e. The molecule has 0 aliphatic heterocycles. The zero-order chi connectivity index (χ0) is 23.5. The first-order chi connectivity index (χ1) is 15.0. The van der Waals surface area contributed by atoms with Gasteiger partial charge in [-0.3, -0.25) is 4.79 Å². The third-order valence-corrected chi connectivity index (χ3v) is 5.96. The highest BCUT2D eigenvalue weighted by Crippen LogP contribution is 2.29. The lowest BCUT2D eigenvalue weighted by atomic mass is 10.1. The van der Waals surface area contributed by atoms with Crippen LogP contribution >= 0.6 is 0 Å². The van der Waals surface area contributed by atoms with Crippen molar-refractivity contribution in [3.63, 3.8) is 0 Å². The van der Waals surface area contributed by atoms with Crippen LogP contribution in [-0.2, 0) is 24.5 Å². The molecule has 3 aromatic heterocycles. The highest BCUT2D eigenvalue weighted by molar-refractivity contribution is 7.91. The number of carboxylic acids is 1. The first kappa shape index (κ1) is 22.9. The Morgan fingerprint density at radius 1 is 0.906 bits per heavy atom. The van der Waals surface area contributed by atoms with Gasteiger partial charge in [-0.05, 0) is 12.1 Å². The van der Waals surface area contributed by atoms with Crippen LogP contribution in [-0.4, -0.2) is 65.3 Å². The van der Waals surface area contributed by atoms with Gasteiger partial charge in [0.05, 0.1) is 22.5 Å². The normalized spacial score (nSPS) is 11.4. The summed E-state index contributed by atoms with van der Waals surface area (Å²) in [6.07, 6.45) is 6.17. The fourth-order valence-corrected chi connectivity index (χ4v) is 4.27. The molecule has 0 aliphatic carbocycles. The molecule has 13 heteroatoms. The molecule has 0 aliphatic rings. The summed E-state index contributed by atoms with van der Waals surface area (Å²) in [5.41, 5.74) is 0.572. The highest BCUT2D eigenvalue weighted by atomic mass is 32.2. The van der Waals surface area contributed by atoms with Crippen LogP contribution in [0.4, 0.5) is 0 Å². The van der Waals surface area contributed by atoms with E-state index in [9.17, 15) is 21.6 Å². The Labute approximate surface area is 183 Å². The van der Waals surface area contributed by atoms with Crippen molar-refractivity contribution >= 4 is 25.6 Å². The second kappa shape index (κ2) is 8.77. The van der Waals surface area contributed by atoms with Gasteiger partial charge in [0.25, 0.3) is 0 Å². The first-order valence-electron chi connectivity index (χ1n) is 8.70. The molecule has 0 saturated heterocycles. The van der Waals surface area contributed by atoms with Crippen LogP contribution in [0.15, 0.2) is 47.2 Å². The molecule has 3 rings (SSSR count). The fourth-order valence-electron chi connectivity index (χ4n) is 2.68. The number of rotatable bonds is 5. The lowest BCUT2D eigenvalue weighted by Crippen LogP contribution is -2.06. The minimum atomic E-state index is -3.76. The molecule has 0 amide bonds. The van der Waals surface area contributed by atoms with E-state index in [1.165, 1.54) is 24.5 Å². The predicted molar refractivity (Wildman–Crippen MR) is 112 cm³/mol. The molecule has 0 bridgehead atoms. The van der Waals surface area contributed by atoms with Crippen molar-refractivity contribution < 1.29 is 26.7 Å². The van der Waals surface area contributed by atoms with E-state index in [2.05, 4.69) is 36.8 Å². The van der Waals surface area contributed by atoms with Crippen LogP contribution in [0.5, 0.6) is 0 Å². The van der Waals surface area contributed by atoms with Gasteiger partial charge < -0.3 is 5.11 Å². The van der Waals surface area contributed by atoms with E-state index in [4.69, 9.17) is 5.11 Å². The topological polar surface area (TPSA) is 170 Å². The Bertz CT molecular complexity index is 1400. The number of hydrogen-bond acceptors (Lipinski definition) is 10. The summed E-state index contributed by atoms with van der Waals surface area (Å²) >= 11 is 0. The van der Waals surface area contributed by atoms with Crippen molar-refractivity contribution in [2.75, 3.05) is 12.5 Å². The summed E-state index contributed by atoms with van der Waals surface area (Å²) in [7, 11) is -7.51. The van der Waals surface area contributed by atoms with Crippen LogP contribution in [0.2, 0.25) is 0 Å². The predicted octanol–water partition coefficient (Wildman–Crippen LogP) is 0.629. The van der Waals surface area contributed by atoms with Crippen molar-refractivity contribution in [2.45, 2.75) is 16.5 Å². The molecule has 11 nitrogen and oxygen atoms in total. The second-order valence-electron chi connectivity index (χ2n) is 6.53. The number of hydrogen-bond donors (Lipinski definition) is 1. The molecule has 0 fully saturated rings. The molecule has 0 saturated carbocycles. The van der Waals surface area contributed by atoms with Crippen molar-refractivity contribution in [1.29, 1.82) is 0 Å². The maximum atomic E-state index is 12.2. The maximum Gasteiger partial charge on any atom is 0.315 e. The van der Waals surface area contributed by atoms with Crippen LogP contribution < -0.4 is 0 Å². The number of carbonyl (C=O) groups is 1. The van der Waals surface area contributed by atoms with Crippen molar-refractivity contribution in [3.8, 4) is 34.4 Å². The summed E-state index contributed by atoms with van der Waals surface area (Å²) in [6.45, 7) is 0. The van der Waals surface area contributed by atoms with Gasteiger partial charge in [-0.25, -0.2) is 41.8 Å². The van der Waals surface area contributed by atoms with Gasteiger partial charge in [-0.15, -0.1) is 0 Å². The number of sulfone groups is 2. The lowest BCUT2D eigenvalue weighted by Gasteiger charge is -2.10. The van der Waals surface area contributed by atoms with Gasteiger partial charge in [0.1, 0.15) is 19.1 Å². The van der Waals surface area contributed by atoms with Crippen LogP contribution in [0.1, 0.15) is 12.0 Å². The minimum Gasteiger partial charge on any atom is -0.481 e. The number of aliphatic carboxylic acids is 1. The molecule has 0 spiro atoms. The van der Waals surface area contributed by atoms with Crippen molar-refractivity contribution in [1.82, 2.24) is 24.9 Å². The molecule has 0 radical (unpaired) electrons. The van der Waals surface area contributed by atoms with Crippen LogP contribution in [0.25, 0.3) is 22.5 Å². The van der Waals surface area contributed by atoms with Gasteiger partial charge in [0.15, 0.2) is 29.7 Å². The second-order valence-corrected chi connectivity index (χ2v) is 10.4. The summed E-state index contributed by atoms with van der Waals surface area (Å²) in [5, 5.41) is 8.26. The van der Waals surface area contributed by atoms with Gasteiger partial charge in [0, 0.05) is 30.5 Å². The number of pyridine rings is 1. The molecule has 1 N–H and O–H groups in total. The summed E-state index contributed by atoms with van der Waals surface area (Å²) < 4.78 is 48.8. The number of nitrogens with zero attached hydrogens (tertiary/aromatic N) is 5. The molecule has 0 atom stereocenters. The molecule has 3 heterocycles. The Morgan fingerprint density at radius 2 is 1.38 bits per heavy atom. The zero-order valence-electron chi connectivity index (χ0n) is 16.7. The molecule has 0 aromatic carbocycles. The SMILES string of the molecule is CS(=O)(=O)c1ncncc1-c1cc(C#CCC(=O)O)cc(-c2cncnc2S(C)(=O)=O)n1. The maximum absolute atomic E-state index is 12.2. The van der Waals surface area contributed by atoms with E-state index in [0.717, 1.165) is 25.2 Å². The summed E-state index contributed by atoms with van der Waals surface area (Å²) in [4.78, 5) is 30.6. The molecular formula is C19H15N5O6S2. The Hall–Kier alpha value is -3.76. The molecule has 0 unspecified atom stereocenters. The first-order valence-corrected chi connectivity index (χ1v) is 12.5. The van der Waals surface area contributed by atoms with Crippen LogP contribution in [0.3, 0.4) is 0 Å². The monoisotopic (exact) mass is 473 g/mol. The van der Waals surface area contributed by atoms with Gasteiger partial charge >= 0.3 is 5.97 Å². The van der Waals surface area contributed by atoms with Gasteiger partial charge in [-0.2, -0.15) is 0 Å². The van der Waals surface area contributed by atoms with E-state index in [1.54, 1.807) is 0 Å². The largest absolute Gasteiger partial charge is 0.481 e. The zero-order valence-corrected chi connectivity index (χ0v) is 18.3. The fraction of sp³-hybridized carbons (Fsp3) is 0.158. The molecular weight excluding hydrogens is 458 g/mol. The summed E-state index contributed by atoms with van der Waals surface area (Å²) in [5.74, 6) is 4.01. The minimum absolute atomic E-state index is 0.0656. The molecule has 32 heavy (non-hydrogen) atoms. The molecule has 3 aromatic rings. The number of carboxylic acid groups (broad SMARTS) is 1. The van der Waals surface area contributed by atoms with E-state index < -0.39 is 32.1 Å². The third kappa shape index (κ3) is 5.29. The van der Waals surface area contributed by atoms with E-state index in [0.29, 0.717) is 0 Å². The Balaban J connectivity index is 2.33. The van der Waals surface area contributed by atoms with Gasteiger partial charge in [-0.1, -0.05) is 11.8 Å². The van der Waals surface area contributed by atoms with Crippen molar-refractivity contribution in [2.24, 2.45) is 0 Å². The summed E-state index contributed by atoms with van der Waals surface area (Å²) in [6, 6.07) is 2.85. The lowest BCUT2D eigenvalue weighted by molar-refractivity contribution is -0.135. The third-order valence-electron chi connectivity index (χ3n) is 3.90. The quantitative estimate of drug-likeness (QED) is 0.407. The standard InChI is InChI=1S/C19H15N5O6S2/c1-31(27,28)18-13(8-20-10-22-18)15-6-12(4-3-5-17(25)26)7-16(24-15)14-9-21-11-23-19(14)32(2,29)30/h6-11H,5H2,1-2H3,(H,25,26). The van der Waals surface area contributed by atoms with E-state index in [1.807, 2.05) is 0 Å². The highest BCUT2D eigenvalue weighted by Gasteiger charge is 2.21.